The molecule has 2 nitrogen and oxygen atoms in total. The molecule has 0 aliphatic rings. The Labute approximate surface area is 179 Å². The van der Waals surface area contributed by atoms with Gasteiger partial charge in [-0.15, -0.1) is 0 Å². The van der Waals surface area contributed by atoms with E-state index in [1.807, 2.05) is 48.5 Å². The number of hydrogen-bond donors (Lipinski definition) is 1. The Kier molecular flexibility index (Phi) is 6.87. The van der Waals surface area contributed by atoms with Gasteiger partial charge in [0.15, 0.2) is 0 Å². The molecule has 0 radical (unpaired) electrons. The molecule has 134 valence electrons. The van der Waals surface area contributed by atoms with Gasteiger partial charge in [-0.25, -0.2) is 0 Å². The van der Waals surface area contributed by atoms with Gasteiger partial charge < -0.3 is 10.1 Å². The number of hydrogen-bond acceptors (Lipinski definition) is 2. The van der Waals surface area contributed by atoms with Gasteiger partial charge in [-0.2, -0.15) is 0 Å². The minimum Gasteiger partial charge on any atom is -0.487 e. The highest BCUT2D eigenvalue weighted by Crippen LogP contribution is 2.34. The van der Waals surface area contributed by atoms with E-state index < -0.39 is 0 Å². The molecule has 1 N–H and O–H groups in total. The van der Waals surface area contributed by atoms with Crippen LogP contribution in [0.5, 0.6) is 5.75 Å². The molecule has 0 fully saturated rings. The second kappa shape index (κ2) is 9.14. The monoisotopic (exact) mass is 513 g/mol. The summed E-state index contributed by atoms with van der Waals surface area (Å²) >= 11 is 19.2. The minimum absolute atomic E-state index is 0.501. The first-order valence-electron chi connectivity index (χ1n) is 7.86. The van der Waals surface area contributed by atoms with Crippen molar-refractivity contribution in [1.82, 2.24) is 0 Å². The van der Waals surface area contributed by atoms with E-state index in [4.69, 9.17) is 27.9 Å². The third-order valence-corrected chi connectivity index (χ3v) is 5.50. The predicted octanol–water partition coefficient (Wildman–Crippen LogP) is 7.71. The molecule has 0 aromatic heterocycles. The van der Waals surface area contributed by atoms with Crippen LogP contribution in [0.25, 0.3) is 0 Å². The Balaban J connectivity index is 1.77. The van der Waals surface area contributed by atoms with E-state index in [-0.39, 0.29) is 0 Å². The number of nitrogens with one attached hydrogen (secondary N) is 1. The summed E-state index contributed by atoms with van der Waals surface area (Å²) in [4.78, 5) is 0. The lowest BCUT2D eigenvalue weighted by molar-refractivity contribution is 0.301. The van der Waals surface area contributed by atoms with E-state index in [1.54, 1.807) is 12.1 Å². The Morgan fingerprint density at radius 3 is 2.38 bits per heavy atom. The predicted molar refractivity (Wildman–Crippen MR) is 116 cm³/mol. The quantitative estimate of drug-likeness (QED) is 0.363. The Morgan fingerprint density at radius 2 is 1.65 bits per heavy atom. The van der Waals surface area contributed by atoms with E-state index in [2.05, 4.69) is 37.2 Å². The molecule has 3 aromatic rings. The van der Waals surface area contributed by atoms with E-state index in [0.29, 0.717) is 23.2 Å². The summed E-state index contributed by atoms with van der Waals surface area (Å²) in [5.41, 5.74) is 3.03. The third kappa shape index (κ3) is 5.17. The maximum atomic E-state index is 6.09. The smallest absolute Gasteiger partial charge is 0.139 e. The Bertz CT molecular complexity index is 904. The highest BCUT2D eigenvalue weighted by atomic mass is 79.9. The van der Waals surface area contributed by atoms with Crippen LogP contribution in [0.3, 0.4) is 0 Å². The van der Waals surface area contributed by atoms with E-state index in [9.17, 15) is 0 Å². The molecular weight excluding hydrogens is 501 g/mol. The van der Waals surface area contributed by atoms with Crippen LogP contribution >= 0.6 is 55.1 Å². The lowest BCUT2D eigenvalue weighted by Gasteiger charge is -2.16. The second-order valence-electron chi connectivity index (χ2n) is 5.63. The topological polar surface area (TPSA) is 21.3 Å². The van der Waals surface area contributed by atoms with Crippen LogP contribution in [-0.4, -0.2) is 0 Å². The van der Waals surface area contributed by atoms with Gasteiger partial charge >= 0.3 is 0 Å². The van der Waals surface area contributed by atoms with Crippen LogP contribution in [0.2, 0.25) is 10.0 Å². The van der Waals surface area contributed by atoms with Crippen molar-refractivity contribution in [2.45, 2.75) is 13.2 Å². The minimum atomic E-state index is 0.501. The normalized spacial score (nSPS) is 10.6. The lowest BCUT2D eigenvalue weighted by Crippen LogP contribution is -2.04. The van der Waals surface area contributed by atoms with Gasteiger partial charge in [-0.3, -0.25) is 0 Å². The molecule has 26 heavy (non-hydrogen) atoms. The molecule has 0 spiro atoms. The number of halogens is 4. The molecule has 0 unspecified atom stereocenters. The fraction of sp³-hybridized carbons (Fsp3) is 0.100. The van der Waals surface area contributed by atoms with Crippen molar-refractivity contribution in [2.24, 2.45) is 0 Å². The SMILES string of the molecule is Clc1ccc(NCc2cc(Br)cc(Br)c2OCc2ccccc2)cc1Cl. The maximum Gasteiger partial charge on any atom is 0.139 e. The van der Waals surface area contributed by atoms with E-state index in [0.717, 1.165) is 31.5 Å². The van der Waals surface area contributed by atoms with Crippen molar-refractivity contribution in [2.75, 3.05) is 5.32 Å². The van der Waals surface area contributed by atoms with Gasteiger partial charge in [-0.05, 0) is 51.8 Å². The molecule has 0 bridgehead atoms. The highest BCUT2D eigenvalue weighted by molar-refractivity contribution is 9.11. The van der Waals surface area contributed by atoms with Gasteiger partial charge in [0.05, 0.1) is 14.5 Å². The molecule has 0 heterocycles. The summed E-state index contributed by atoms with van der Waals surface area (Å²) in [5.74, 6) is 0.810. The lowest BCUT2D eigenvalue weighted by atomic mass is 10.2. The standard InChI is InChI=1S/C20H15Br2Cl2NO/c21-15-8-14(11-25-16-6-7-18(23)19(24)10-16)20(17(22)9-15)26-12-13-4-2-1-3-5-13/h1-10,25H,11-12H2. The van der Waals surface area contributed by atoms with Crippen LogP contribution in [-0.2, 0) is 13.2 Å². The molecule has 6 heteroatoms. The largest absolute Gasteiger partial charge is 0.487 e. The molecule has 3 rings (SSSR count). The first-order valence-corrected chi connectivity index (χ1v) is 10.2. The van der Waals surface area contributed by atoms with Crippen LogP contribution in [0.15, 0.2) is 69.6 Å². The van der Waals surface area contributed by atoms with E-state index >= 15 is 0 Å². The second-order valence-corrected chi connectivity index (χ2v) is 8.22. The number of benzene rings is 3. The zero-order valence-corrected chi connectivity index (χ0v) is 18.3. The molecule has 0 amide bonds. The summed E-state index contributed by atoms with van der Waals surface area (Å²) in [5, 5.41) is 4.41. The van der Waals surface area contributed by atoms with Crippen molar-refractivity contribution >= 4 is 60.7 Å². The van der Waals surface area contributed by atoms with Gasteiger partial charge in [0, 0.05) is 22.3 Å². The summed E-state index contributed by atoms with van der Waals surface area (Å²) in [6.07, 6.45) is 0. The van der Waals surface area contributed by atoms with Crippen LogP contribution < -0.4 is 10.1 Å². The number of anilines is 1. The zero-order valence-electron chi connectivity index (χ0n) is 13.6. The molecule has 0 atom stereocenters. The average molecular weight is 516 g/mol. The van der Waals surface area contributed by atoms with Gasteiger partial charge in [0.25, 0.3) is 0 Å². The molecule has 0 aliphatic heterocycles. The Hall–Kier alpha value is -1.20. The molecule has 0 saturated heterocycles. The van der Waals surface area contributed by atoms with Crippen LogP contribution in [0.4, 0.5) is 5.69 Å². The molecule has 0 aliphatic carbocycles. The number of rotatable bonds is 6. The van der Waals surface area contributed by atoms with Crippen molar-refractivity contribution in [1.29, 1.82) is 0 Å². The van der Waals surface area contributed by atoms with Gasteiger partial charge in [-0.1, -0.05) is 69.5 Å². The summed E-state index contributed by atoms with van der Waals surface area (Å²) in [6.45, 7) is 1.08. The Morgan fingerprint density at radius 1 is 0.885 bits per heavy atom. The van der Waals surface area contributed by atoms with E-state index in [1.165, 1.54) is 0 Å². The van der Waals surface area contributed by atoms with Crippen molar-refractivity contribution in [3.63, 3.8) is 0 Å². The summed E-state index contributed by atoms with van der Waals surface area (Å²) < 4.78 is 7.96. The van der Waals surface area contributed by atoms with Crippen molar-refractivity contribution in [3.8, 4) is 5.75 Å². The fourth-order valence-electron chi connectivity index (χ4n) is 2.44. The summed E-state index contributed by atoms with van der Waals surface area (Å²) in [7, 11) is 0. The maximum absolute atomic E-state index is 6.09. The fourth-order valence-corrected chi connectivity index (χ4v) is 4.17. The molecular formula is C20H15Br2Cl2NO. The number of ether oxygens (including phenoxy) is 1. The van der Waals surface area contributed by atoms with Crippen LogP contribution in [0.1, 0.15) is 11.1 Å². The average Bonchev–Trinajstić information content (AvgIpc) is 2.62. The molecule has 0 saturated carbocycles. The zero-order chi connectivity index (χ0) is 18.5. The van der Waals surface area contributed by atoms with Gasteiger partial charge in [0.1, 0.15) is 12.4 Å². The molecule has 3 aromatic carbocycles. The highest BCUT2D eigenvalue weighted by Gasteiger charge is 2.11. The van der Waals surface area contributed by atoms with Gasteiger partial charge in [0.2, 0.25) is 0 Å². The van der Waals surface area contributed by atoms with Crippen molar-refractivity contribution in [3.05, 3.63) is 90.8 Å². The van der Waals surface area contributed by atoms with Crippen LogP contribution in [0, 0.1) is 0 Å². The third-order valence-electron chi connectivity index (χ3n) is 3.71. The van der Waals surface area contributed by atoms with Crippen molar-refractivity contribution < 1.29 is 4.74 Å². The summed E-state index contributed by atoms with van der Waals surface area (Å²) in [6, 6.07) is 19.6. The first-order chi connectivity index (χ1) is 12.5. The first kappa shape index (κ1) is 19.6.